The van der Waals surface area contributed by atoms with E-state index in [0.29, 0.717) is 12.8 Å². The van der Waals surface area contributed by atoms with Crippen molar-refractivity contribution in [2.75, 3.05) is 6.61 Å². The van der Waals surface area contributed by atoms with E-state index in [9.17, 15) is 19.5 Å². The van der Waals surface area contributed by atoms with Crippen LogP contribution in [0.15, 0.2) is 54.6 Å². The number of carboxylic acid groups (broad SMARTS) is 1. The Hall–Kier alpha value is -3.15. The first kappa shape index (κ1) is 22.5. The summed E-state index contributed by atoms with van der Waals surface area (Å²) in [4.78, 5) is 37.0. The van der Waals surface area contributed by atoms with Crippen molar-refractivity contribution in [3.63, 3.8) is 0 Å². The predicted molar refractivity (Wildman–Crippen MR) is 117 cm³/mol. The Kier molecular flexibility index (Phi) is 7.45. The molecule has 0 saturated heterocycles. The average molecular weight is 424 g/mol. The fourth-order valence-corrected chi connectivity index (χ4v) is 4.24. The van der Waals surface area contributed by atoms with Gasteiger partial charge >= 0.3 is 11.9 Å². The lowest BCUT2D eigenvalue weighted by atomic mass is 9.81. The molecule has 2 aromatic rings. The van der Waals surface area contributed by atoms with Gasteiger partial charge in [-0.25, -0.2) is 4.79 Å². The van der Waals surface area contributed by atoms with E-state index >= 15 is 0 Å². The van der Waals surface area contributed by atoms with Crippen LogP contribution in [-0.2, 0) is 25.5 Å². The lowest BCUT2D eigenvalue weighted by Crippen LogP contribution is -2.49. The van der Waals surface area contributed by atoms with Gasteiger partial charge in [-0.1, -0.05) is 67.4 Å². The second-order valence-electron chi connectivity index (χ2n) is 8.10. The van der Waals surface area contributed by atoms with E-state index in [0.717, 1.165) is 29.5 Å². The van der Waals surface area contributed by atoms with Gasteiger partial charge in [0, 0.05) is 6.42 Å². The Balaban J connectivity index is 1.69. The number of nitrogens with one attached hydrogen (secondary N) is 1. The normalized spacial score (nSPS) is 15.8. The summed E-state index contributed by atoms with van der Waals surface area (Å²) in [6.45, 7) is 1.98. The summed E-state index contributed by atoms with van der Waals surface area (Å²) in [7, 11) is 0. The average Bonchev–Trinajstić information content (AvgIpc) is 3.24. The highest BCUT2D eigenvalue weighted by Crippen LogP contribution is 2.41. The van der Waals surface area contributed by atoms with Crippen LogP contribution in [0.25, 0.3) is 11.1 Å². The van der Waals surface area contributed by atoms with Gasteiger partial charge in [-0.15, -0.1) is 0 Å². The quantitative estimate of drug-likeness (QED) is 0.595. The van der Waals surface area contributed by atoms with E-state index in [4.69, 9.17) is 4.74 Å². The second kappa shape index (κ2) is 10.2. The van der Waals surface area contributed by atoms with E-state index in [2.05, 4.69) is 5.32 Å². The van der Waals surface area contributed by atoms with Crippen molar-refractivity contribution in [3.05, 3.63) is 60.2 Å². The summed E-state index contributed by atoms with van der Waals surface area (Å²) in [6.07, 6.45) is 2.97. The topological polar surface area (TPSA) is 92.7 Å². The third-order valence-electron chi connectivity index (χ3n) is 5.93. The number of hydrogen-bond donors (Lipinski definition) is 2. The molecule has 0 bridgehead atoms. The molecule has 1 aliphatic rings. The zero-order valence-corrected chi connectivity index (χ0v) is 17.8. The first-order valence-electron chi connectivity index (χ1n) is 10.8. The van der Waals surface area contributed by atoms with Crippen LogP contribution in [0.4, 0.5) is 0 Å². The van der Waals surface area contributed by atoms with E-state index in [1.807, 2.05) is 54.6 Å². The molecule has 1 aliphatic carbocycles. The van der Waals surface area contributed by atoms with Crippen LogP contribution in [0.1, 0.15) is 44.6 Å². The predicted octanol–water partition coefficient (Wildman–Crippen LogP) is 3.98. The molecule has 6 nitrogen and oxygen atoms in total. The van der Waals surface area contributed by atoms with Gasteiger partial charge < -0.3 is 15.2 Å². The van der Waals surface area contributed by atoms with Crippen molar-refractivity contribution < 1.29 is 24.2 Å². The molecule has 0 heterocycles. The van der Waals surface area contributed by atoms with E-state index in [-0.39, 0.29) is 25.4 Å². The number of benzene rings is 2. The van der Waals surface area contributed by atoms with Gasteiger partial charge in [-0.05, 0) is 36.5 Å². The smallest absolute Gasteiger partial charge is 0.326 e. The molecular weight excluding hydrogens is 394 g/mol. The third kappa shape index (κ3) is 5.72. The molecule has 0 aromatic heterocycles. The van der Waals surface area contributed by atoms with Gasteiger partial charge in [0.2, 0.25) is 5.91 Å². The summed E-state index contributed by atoms with van der Waals surface area (Å²) in [6, 6.07) is 16.5. The number of carbonyl (C=O) groups excluding carboxylic acids is 2. The van der Waals surface area contributed by atoms with Crippen LogP contribution < -0.4 is 5.32 Å². The van der Waals surface area contributed by atoms with E-state index in [1.54, 1.807) is 6.92 Å². The van der Waals surface area contributed by atoms with Gasteiger partial charge in [-0.3, -0.25) is 9.59 Å². The first-order chi connectivity index (χ1) is 14.9. The molecule has 0 aliphatic heterocycles. The largest absolute Gasteiger partial charge is 0.480 e. The van der Waals surface area contributed by atoms with Gasteiger partial charge in [-0.2, -0.15) is 0 Å². The van der Waals surface area contributed by atoms with Gasteiger partial charge in [0.1, 0.15) is 6.04 Å². The van der Waals surface area contributed by atoms with Gasteiger partial charge in [0.05, 0.1) is 18.4 Å². The molecular formula is C25H29NO5. The molecule has 3 rings (SSSR count). The minimum absolute atomic E-state index is 0.00914. The molecule has 164 valence electrons. The second-order valence-corrected chi connectivity index (χ2v) is 8.10. The minimum Gasteiger partial charge on any atom is -0.480 e. The summed E-state index contributed by atoms with van der Waals surface area (Å²) in [5, 5.41) is 12.4. The van der Waals surface area contributed by atoms with Crippen LogP contribution >= 0.6 is 0 Å². The van der Waals surface area contributed by atoms with Crippen LogP contribution in [0, 0.1) is 5.41 Å². The maximum absolute atomic E-state index is 13.1. The number of aliphatic carboxylic acids is 1. The maximum Gasteiger partial charge on any atom is 0.326 e. The third-order valence-corrected chi connectivity index (χ3v) is 5.93. The molecule has 1 atom stereocenters. The molecule has 6 heteroatoms. The molecule has 1 amide bonds. The standard InChI is InChI=1S/C25H29NO5/c1-2-31-22(27)17-25(14-6-7-15-25)24(30)26-21(23(28)29)16-18-10-12-20(13-11-18)19-8-4-3-5-9-19/h3-5,8-13,21H,2,6-7,14-17H2,1H3,(H,26,30)(H,28,29). The number of esters is 1. The Bertz CT molecular complexity index is 901. The molecule has 2 aromatic carbocycles. The Morgan fingerprint density at radius 1 is 1.00 bits per heavy atom. The number of carboxylic acids is 1. The minimum atomic E-state index is -1.09. The Labute approximate surface area is 182 Å². The van der Waals surface area contributed by atoms with Crippen molar-refractivity contribution >= 4 is 17.8 Å². The summed E-state index contributed by atoms with van der Waals surface area (Å²) >= 11 is 0. The zero-order valence-electron chi connectivity index (χ0n) is 17.8. The highest BCUT2D eigenvalue weighted by Gasteiger charge is 2.44. The van der Waals surface area contributed by atoms with Crippen molar-refractivity contribution in [1.29, 1.82) is 0 Å². The Morgan fingerprint density at radius 3 is 2.19 bits per heavy atom. The first-order valence-corrected chi connectivity index (χ1v) is 10.8. The number of ether oxygens (including phenoxy) is 1. The maximum atomic E-state index is 13.1. The van der Waals surface area contributed by atoms with E-state index in [1.165, 1.54) is 0 Å². The lowest BCUT2D eigenvalue weighted by Gasteiger charge is -2.28. The number of amides is 1. The van der Waals surface area contributed by atoms with Crippen molar-refractivity contribution in [2.24, 2.45) is 5.41 Å². The fraction of sp³-hybridized carbons (Fsp3) is 0.400. The Morgan fingerprint density at radius 2 is 1.61 bits per heavy atom. The van der Waals surface area contributed by atoms with Crippen molar-refractivity contribution in [1.82, 2.24) is 5.32 Å². The van der Waals surface area contributed by atoms with Gasteiger partial charge in [0.25, 0.3) is 0 Å². The van der Waals surface area contributed by atoms with E-state index < -0.39 is 23.4 Å². The molecule has 31 heavy (non-hydrogen) atoms. The zero-order chi connectivity index (χ0) is 22.3. The summed E-state index contributed by atoms with van der Waals surface area (Å²) < 4.78 is 5.04. The van der Waals surface area contributed by atoms with Crippen molar-refractivity contribution in [2.45, 2.75) is 51.5 Å². The highest BCUT2D eigenvalue weighted by atomic mass is 16.5. The van der Waals surface area contributed by atoms with Crippen LogP contribution in [-0.4, -0.2) is 35.6 Å². The summed E-state index contributed by atoms with van der Waals surface area (Å²) in [5.41, 5.74) is 2.06. The number of rotatable bonds is 9. The molecule has 1 unspecified atom stereocenters. The van der Waals surface area contributed by atoms with Gasteiger partial charge in [0.15, 0.2) is 0 Å². The van der Waals surface area contributed by atoms with Crippen LogP contribution in [0.3, 0.4) is 0 Å². The van der Waals surface area contributed by atoms with Crippen LogP contribution in [0.5, 0.6) is 0 Å². The monoisotopic (exact) mass is 423 g/mol. The SMILES string of the molecule is CCOC(=O)CC1(C(=O)NC(Cc2ccc(-c3ccccc3)cc2)C(=O)O)CCCC1. The molecule has 2 N–H and O–H groups in total. The number of hydrogen-bond acceptors (Lipinski definition) is 4. The summed E-state index contributed by atoms with van der Waals surface area (Å²) in [5.74, 6) is -1.88. The highest BCUT2D eigenvalue weighted by molar-refractivity contribution is 5.90. The molecule has 1 saturated carbocycles. The van der Waals surface area contributed by atoms with Crippen LogP contribution in [0.2, 0.25) is 0 Å². The number of carbonyl (C=O) groups is 3. The molecule has 0 radical (unpaired) electrons. The lowest BCUT2D eigenvalue weighted by molar-refractivity contribution is -0.151. The molecule has 0 spiro atoms. The van der Waals surface area contributed by atoms with Crippen molar-refractivity contribution in [3.8, 4) is 11.1 Å². The fourth-order valence-electron chi connectivity index (χ4n) is 4.24. The molecule has 1 fully saturated rings.